The first-order valence-corrected chi connectivity index (χ1v) is 7.36. The van der Waals surface area contributed by atoms with Gasteiger partial charge in [0.1, 0.15) is 18.1 Å². The van der Waals surface area contributed by atoms with Gasteiger partial charge in [0.05, 0.1) is 5.57 Å². The number of amides is 1. The fourth-order valence-corrected chi connectivity index (χ4v) is 2.39. The van der Waals surface area contributed by atoms with E-state index >= 15 is 0 Å². The summed E-state index contributed by atoms with van der Waals surface area (Å²) >= 11 is 5.11. The Bertz CT molecular complexity index is 802. The van der Waals surface area contributed by atoms with Crippen LogP contribution in [0.2, 0.25) is 0 Å². The van der Waals surface area contributed by atoms with Gasteiger partial charge in [0.2, 0.25) is 0 Å². The maximum atomic E-state index is 12.2. The highest BCUT2D eigenvalue weighted by Gasteiger charge is 2.17. The van der Waals surface area contributed by atoms with E-state index in [4.69, 9.17) is 17.0 Å². The summed E-state index contributed by atoms with van der Waals surface area (Å²) in [6.45, 7) is 0.192. The molecule has 0 atom stereocenters. The first-order valence-electron chi connectivity index (χ1n) is 6.95. The minimum absolute atomic E-state index is 0.115. The average molecular weight is 326 g/mol. The van der Waals surface area contributed by atoms with E-state index in [-0.39, 0.29) is 23.4 Å². The number of thiocarbonyl (C=S) groups is 1. The summed E-state index contributed by atoms with van der Waals surface area (Å²) in [6, 6.07) is 14.0. The number of hydrogen-bond donors (Lipinski definition) is 3. The van der Waals surface area contributed by atoms with E-state index in [0.717, 1.165) is 11.3 Å². The molecule has 0 unspecified atom stereocenters. The zero-order valence-corrected chi connectivity index (χ0v) is 12.9. The van der Waals surface area contributed by atoms with Crippen LogP contribution in [0.4, 0.5) is 5.69 Å². The van der Waals surface area contributed by atoms with E-state index in [1.165, 1.54) is 6.07 Å². The molecule has 2 aromatic carbocycles. The predicted octanol–water partition coefficient (Wildman–Crippen LogP) is 2.68. The first-order chi connectivity index (χ1) is 11.1. The number of para-hydroxylation sites is 1. The van der Waals surface area contributed by atoms with E-state index in [9.17, 15) is 9.90 Å². The van der Waals surface area contributed by atoms with Crippen LogP contribution >= 0.6 is 12.2 Å². The number of benzene rings is 2. The third-order valence-corrected chi connectivity index (χ3v) is 3.46. The summed E-state index contributed by atoms with van der Waals surface area (Å²) in [4.78, 5) is 12.2. The molecule has 6 heteroatoms. The van der Waals surface area contributed by atoms with E-state index in [1.807, 2.05) is 24.3 Å². The molecule has 5 nitrogen and oxygen atoms in total. The van der Waals surface area contributed by atoms with Crippen LogP contribution in [0.3, 0.4) is 0 Å². The smallest absolute Gasteiger partial charge is 0.256 e. The number of carbonyl (C=O) groups is 1. The number of phenolic OH excluding ortho intramolecular Hbond substituents is 1. The van der Waals surface area contributed by atoms with Crippen LogP contribution in [0.25, 0.3) is 6.08 Å². The lowest BCUT2D eigenvalue weighted by atomic mass is 10.1. The van der Waals surface area contributed by atoms with Gasteiger partial charge in [-0.05, 0) is 36.5 Å². The third-order valence-electron chi connectivity index (χ3n) is 3.25. The molecule has 0 spiro atoms. The summed E-state index contributed by atoms with van der Waals surface area (Å²) < 4.78 is 5.55. The first kappa shape index (κ1) is 15.1. The Hall–Kier alpha value is -2.86. The molecule has 0 saturated carbocycles. The van der Waals surface area contributed by atoms with Crippen molar-refractivity contribution in [1.82, 2.24) is 5.32 Å². The maximum absolute atomic E-state index is 12.2. The molecule has 1 aliphatic rings. The SMILES string of the molecule is O=C(NC(=S)Nc1cccc(O)c1)C1=Cc2ccccc2OC1. The topological polar surface area (TPSA) is 70.6 Å². The molecule has 23 heavy (non-hydrogen) atoms. The molecule has 1 amide bonds. The molecule has 0 aromatic heterocycles. The second-order valence-electron chi connectivity index (χ2n) is 4.95. The monoisotopic (exact) mass is 326 g/mol. The molecule has 3 rings (SSSR count). The number of rotatable bonds is 2. The number of hydrogen-bond acceptors (Lipinski definition) is 4. The molecular weight excluding hydrogens is 312 g/mol. The van der Waals surface area contributed by atoms with Crippen molar-refractivity contribution < 1.29 is 14.6 Å². The Labute approximate surface area is 138 Å². The van der Waals surface area contributed by atoms with Crippen molar-refractivity contribution in [2.75, 3.05) is 11.9 Å². The molecule has 3 N–H and O–H groups in total. The highest BCUT2D eigenvalue weighted by molar-refractivity contribution is 7.80. The third kappa shape index (κ3) is 3.67. The van der Waals surface area contributed by atoms with Crippen molar-refractivity contribution in [2.45, 2.75) is 0 Å². The van der Waals surface area contributed by atoms with Gasteiger partial charge < -0.3 is 15.2 Å². The van der Waals surface area contributed by atoms with Crippen LogP contribution in [0.1, 0.15) is 5.56 Å². The van der Waals surface area contributed by atoms with Crippen molar-refractivity contribution in [3.63, 3.8) is 0 Å². The molecule has 0 fully saturated rings. The molecule has 1 aliphatic heterocycles. The van der Waals surface area contributed by atoms with Crippen molar-refractivity contribution in [3.05, 3.63) is 59.7 Å². The average Bonchev–Trinajstić information content (AvgIpc) is 2.54. The molecule has 116 valence electrons. The summed E-state index contributed by atoms with van der Waals surface area (Å²) in [5, 5.41) is 15.0. The van der Waals surface area contributed by atoms with Gasteiger partial charge in [0.15, 0.2) is 5.11 Å². The normalized spacial score (nSPS) is 12.4. The summed E-state index contributed by atoms with van der Waals surface area (Å²) in [6.07, 6.45) is 1.78. The quantitative estimate of drug-likeness (QED) is 0.740. The van der Waals surface area contributed by atoms with E-state index in [1.54, 1.807) is 24.3 Å². The second-order valence-corrected chi connectivity index (χ2v) is 5.36. The van der Waals surface area contributed by atoms with Crippen LogP contribution in [0, 0.1) is 0 Å². The van der Waals surface area contributed by atoms with Crippen molar-refractivity contribution in [2.24, 2.45) is 0 Å². The Morgan fingerprint density at radius 3 is 2.83 bits per heavy atom. The maximum Gasteiger partial charge on any atom is 0.256 e. The Morgan fingerprint density at radius 1 is 1.17 bits per heavy atom. The molecule has 0 aliphatic carbocycles. The van der Waals surface area contributed by atoms with Gasteiger partial charge in [-0.25, -0.2) is 0 Å². The van der Waals surface area contributed by atoms with Gasteiger partial charge in [-0.3, -0.25) is 10.1 Å². The van der Waals surface area contributed by atoms with Gasteiger partial charge in [0, 0.05) is 17.3 Å². The minimum atomic E-state index is -0.322. The minimum Gasteiger partial charge on any atom is -0.508 e. The van der Waals surface area contributed by atoms with Crippen LogP contribution in [-0.2, 0) is 4.79 Å². The van der Waals surface area contributed by atoms with Crippen LogP contribution in [-0.4, -0.2) is 22.7 Å². The lowest BCUT2D eigenvalue weighted by Crippen LogP contribution is -2.36. The molecule has 0 saturated heterocycles. The number of anilines is 1. The molecule has 0 radical (unpaired) electrons. The lowest BCUT2D eigenvalue weighted by molar-refractivity contribution is -0.116. The number of phenols is 1. The highest BCUT2D eigenvalue weighted by Crippen LogP contribution is 2.25. The molecule has 2 aromatic rings. The van der Waals surface area contributed by atoms with Gasteiger partial charge in [-0.2, -0.15) is 0 Å². The van der Waals surface area contributed by atoms with Gasteiger partial charge in [-0.15, -0.1) is 0 Å². The van der Waals surface area contributed by atoms with Gasteiger partial charge in [0.25, 0.3) is 5.91 Å². The Balaban J connectivity index is 1.65. The predicted molar refractivity (Wildman–Crippen MR) is 92.4 cm³/mol. The number of ether oxygens (including phenoxy) is 1. The zero-order valence-electron chi connectivity index (χ0n) is 12.1. The zero-order chi connectivity index (χ0) is 16.2. The van der Waals surface area contributed by atoms with Crippen molar-refractivity contribution in [3.8, 4) is 11.5 Å². The fourth-order valence-electron chi connectivity index (χ4n) is 2.18. The van der Waals surface area contributed by atoms with Crippen molar-refractivity contribution >= 4 is 35.0 Å². The van der Waals surface area contributed by atoms with E-state index in [2.05, 4.69) is 10.6 Å². The van der Waals surface area contributed by atoms with Crippen LogP contribution < -0.4 is 15.4 Å². The number of carbonyl (C=O) groups excluding carboxylic acids is 1. The number of nitrogens with one attached hydrogen (secondary N) is 2. The fraction of sp³-hybridized carbons (Fsp3) is 0.0588. The largest absolute Gasteiger partial charge is 0.508 e. The summed E-state index contributed by atoms with van der Waals surface area (Å²) in [7, 11) is 0. The van der Waals surface area contributed by atoms with E-state index in [0.29, 0.717) is 11.3 Å². The standard InChI is InChI=1S/C17H14N2O3S/c20-14-6-3-5-13(9-14)18-17(23)19-16(21)12-8-11-4-1-2-7-15(11)22-10-12/h1-9,20H,10H2,(H2,18,19,21,23). The highest BCUT2D eigenvalue weighted by atomic mass is 32.1. The van der Waals surface area contributed by atoms with E-state index < -0.39 is 0 Å². The molecule has 0 bridgehead atoms. The number of fused-ring (bicyclic) bond motifs is 1. The summed E-state index contributed by atoms with van der Waals surface area (Å²) in [5.41, 5.74) is 1.94. The summed E-state index contributed by atoms with van der Waals surface area (Å²) in [5.74, 6) is 0.547. The second kappa shape index (κ2) is 6.50. The van der Waals surface area contributed by atoms with Crippen molar-refractivity contribution in [1.29, 1.82) is 0 Å². The van der Waals surface area contributed by atoms with Crippen LogP contribution in [0.5, 0.6) is 11.5 Å². The molecular formula is C17H14N2O3S. The van der Waals surface area contributed by atoms with Gasteiger partial charge >= 0.3 is 0 Å². The van der Waals surface area contributed by atoms with Crippen LogP contribution in [0.15, 0.2) is 54.1 Å². The molecule has 1 heterocycles. The Morgan fingerprint density at radius 2 is 2.00 bits per heavy atom. The van der Waals surface area contributed by atoms with Gasteiger partial charge in [-0.1, -0.05) is 24.3 Å². The lowest BCUT2D eigenvalue weighted by Gasteiger charge is -2.18. The Kier molecular flexibility index (Phi) is 4.25. The number of aromatic hydroxyl groups is 1.